The van der Waals surface area contributed by atoms with Gasteiger partial charge in [0.15, 0.2) is 0 Å². The second-order valence-corrected chi connectivity index (χ2v) is 4.39. The first-order valence-corrected chi connectivity index (χ1v) is 5.84. The molecule has 0 radical (unpaired) electrons. The van der Waals surface area contributed by atoms with E-state index in [-0.39, 0.29) is 27.0 Å². The van der Waals surface area contributed by atoms with Crippen LogP contribution in [-0.2, 0) is 9.53 Å². The molecule has 4 nitrogen and oxygen atoms in total. The SMILES string of the molecule is CCOC(=O)C1=NI=C(CC)N1. The summed E-state index contributed by atoms with van der Waals surface area (Å²) in [6.45, 7) is 4.23. The number of hydrogen-bond donors (Lipinski definition) is 1. The molecule has 1 aliphatic heterocycles. The molecular weight excluding hydrogens is 271 g/mol. The van der Waals surface area contributed by atoms with Crippen molar-refractivity contribution in [3.63, 3.8) is 0 Å². The normalized spacial score (nSPS) is 15.5. The minimum absolute atomic E-state index is 0.316. The molecule has 0 fully saturated rings. The van der Waals surface area contributed by atoms with Gasteiger partial charge in [-0.05, 0) is 13.3 Å². The third-order valence-electron chi connectivity index (χ3n) is 1.26. The van der Waals surface area contributed by atoms with Gasteiger partial charge in [0.05, 0.1) is 10.2 Å². The van der Waals surface area contributed by atoms with Crippen molar-refractivity contribution in [2.24, 2.45) is 3.21 Å². The van der Waals surface area contributed by atoms with Gasteiger partial charge in [-0.15, -0.1) is 0 Å². The van der Waals surface area contributed by atoms with Crippen molar-refractivity contribution in [3.8, 4) is 0 Å². The summed E-state index contributed by atoms with van der Waals surface area (Å²) in [4.78, 5) is 11.1. The van der Waals surface area contributed by atoms with E-state index in [0.29, 0.717) is 12.4 Å². The van der Waals surface area contributed by atoms with Gasteiger partial charge >= 0.3 is 5.97 Å². The monoisotopic (exact) mass is 282 g/mol. The van der Waals surface area contributed by atoms with E-state index in [1.165, 1.54) is 3.63 Å². The maximum Gasteiger partial charge on any atom is 0.374 e. The highest BCUT2D eigenvalue weighted by Crippen LogP contribution is 2.10. The molecule has 0 amide bonds. The molecule has 0 unspecified atom stereocenters. The molecule has 1 N–H and O–H groups in total. The third-order valence-corrected chi connectivity index (χ3v) is 3.60. The Morgan fingerprint density at radius 2 is 2.42 bits per heavy atom. The first-order chi connectivity index (χ1) is 5.77. The molecule has 12 heavy (non-hydrogen) atoms. The fraction of sp³-hybridized carbons (Fsp3) is 0.571. The van der Waals surface area contributed by atoms with Crippen LogP contribution >= 0.6 is 21.0 Å². The molecule has 0 aromatic carbocycles. The summed E-state index contributed by atoms with van der Waals surface area (Å²) in [6, 6.07) is 0. The maximum atomic E-state index is 11.1. The van der Waals surface area contributed by atoms with Gasteiger partial charge in [0, 0.05) is 21.0 Å². The minimum atomic E-state index is -0.333. The standard InChI is InChI=1S/C7H11IN2O2/c1-3-5-8-10-6(9-5)7(11)12-4-2/h3-4H2,1-2H3,(H,9,10). The lowest BCUT2D eigenvalue weighted by Crippen LogP contribution is -2.33. The Morgan fingerprint density at radius 1 is 1.67 bits per heavy atom. The molecule has 0 aliphatic carbocycles. The molecule has 0 atom stereocenters. The Morgan fingerprint density at radius 3 is 2.92 bits per heavy atom. The number of carbonyl (C=O) groups is 1. The average molecular weight is 282 g/mol. The molecule has 1 aliphatic rings. The van der Waals surface area contributed by atoms with Crippen LogP contribution in [0.15, 0.2) is 3.21 Å². The topological polar surface area (TPSA) is 50.7 Å². The molecule has 5 heteroatoms. The van der Waals surface area contributed by atoms with Crippen molar-refractivity contribution in [2.75, 3.05) is 6.61 Å². The van der Waals surface area contributed by atoms with Gasteiger partial charge in [0.25, 0.3) is 0 Å². The Hall–Kier alpha value is -0.460. The van der Waals surface area contributed by atoms with Crippen LogP contribution < -0.4 is 5.32 Å². The second-order valence-electron chi connectivity index (χ2n) is 2.12. The van der Waals surface area contributed by atoms with Gasteiger partial charge in [-0.3, -0.25) is 0 Å². The van der Waals surface area contributed by atoms with Crippen molar-refractivity contribution in [1.29, 1.82) is 0 Å². The highest BCUT2D eigenvalue weighted by Gasteiger charge is 2.17. The lowest BCUT2D eigenvalue weighted by molar-refractivity contribution is -0.135. The molecule has 0 saturated heterocycles. The summed E-state index contributed by atoms with van der Waals surface area (Å²) >= 11 is -0.316. The van der Waals surface area contributed by atoms with Gasteiger partial charge in [-0.1, -0.05) is 6.92 Å². The highest BCUT2D eigenvalue weighted by molar-refractivity contribution is 14.2. The fourth-order valence-corrected chi connectivity index (χ4v) is 2.26. The fourth-order valence-electron chi connectivity index (χ4n) is 0.697. The molecule has 0 saturated carbocycles. The maximum absolute atomic E-state index is 11.1. The number of carbonyl (C=O) groups excluding carboxylic acids is 1. The van der Waals surface area contributed by atoms with Crippen molar-refractivity contribution >= 4 is 36.4 Å². The quantitative estimate of drug-likeness (QED) is 0.620. The van der Waals surface area contributed by atoms with Gasteiger partial charge in [0.2, 0.25) is 5.84 Å². The summed E-state index contributed by atoms with van der Waals surface area (Å²) in [5.74, 6) is 0.0575. The summed E-state index contributed by atoms with van der Waals surface area (Å²) in [7, 11) is 0. The van der Waals surface area contributed by atoms with E-state index in [4.69, 9.17) is 4.74 Å². The number of amidine groups is 1. The summed E-state index contributed by atoms with van der Waals surface area (Å²) in [5, 5.41) is 2.97. The third kappa shape index (κ3) is 2.26. The summed E-state index contributed by atoms with van der Waals surface area (Å²) < 4.78 is 10.1. The van der Waals surface area contributed by atoms with E-state index in [1.54, 1.807) is 6.92 Å². The van der Waals surface area contributed by atoms with Gasteiger partial charge in [0.1, 0.15) is 0 Å². The lowest BCUT2D eigenvalue weighted by atomic mass is 10.4. The number of rotatable bonds is 3. The van der Waals surface area contributed by atoms with Crippen LogP contribution in [0.3, 0.4) is 0 Å². The Bertz CT molecular complexity index is 248. The molecule has 0 aromatic rings. The zero-order valence-corrected chi connectivity index (χ0v) is 9.21. The molecule has 1 heterocycles. The van der Waals surface area contributed by atoms with E-state index in [2.05, 4.69) is 8.52 Å². The van der Waals surface area contributed by atoms with Crippen LogP contribution in [0, 0.1) is 0 Å². The zero-order chi connectivity index (χ0) is 8.97. The lowest BCUT2D eigenvalue weighted by Gasteiger charge is -2.02. The first-order valence-electron chi connectivity index (χ1n) is 3.80. The number of nitrogens with zero attached hydrogens (tertiary/aromatic N) is 1. The van der Waals surface area contributed by atoms with Crippen LogP contribution in [0.4, 0.5) is 0 Å². The Kier molecular flexibility index (Phi) is 3.64. The van der Waals surface area contributed by atoms with Crippen LogP contribution in [-0.4, -0.2) is 22.0 Å². The molecule has 0 spiro atoms. The number of ether oxygens (including phenoxy) is 1. The summed E-state index contributed by atoms with van der Waals surface area (Å²) in [5.41, 5.74) is 0. The molecule has 0 bridgehead atoms. The molecule has 1 rings (SSSR count). The first kappa shape index (κ1) is 9.63. The van der Waals surface area contributed by atoms with Crippen LogP contribution in [0.5, 0.6) is 0 Å². The number of halogens is 1. The van der Waals surface area contributed by atoms with Crippen LogP contribution in [0.1, 0.15) is 20.3 Å². The predicted molar refractivity (Wildman–Crippen MR) is 56.5 cm³/mol. The zero-order valence-electron chi connectivity index (χ0n) is 7.06. The second kappa shape index (κ2) is 4.54. The highest BCUT2D eigenvalue weighted by atomic mass is 127. The van der Waals surface area contributed by atoms with Crippen LogP contribution in [0.25, 0.3) is 0 Å². The predicted octanol–water partition coefficient (Wildman–Crippen LogP) is 0.977. The van der Waals surface area contributed by atoms with Crippen LogP contribution in [0.2, 0.25) is 0 Å². The van der Waals surface area contributed by atoms with Crippen molar-refractivity contribution in [3.05, 3.63) is 0 Å². The summed E-state index contributed by atoms with van der Waals surface area (Å²) in [6.07, 6.45) is 0.944. The molecule has 0 aromatic heterocycles. The van der Waals surface area contributed by atoms with E-state index >= 15 is 0 Å². The number of nitrogens with one attached hydrogen (secondary N) is 1. The Labute approximate surface area is 81.5 Å². The minimum Gasteiger partial charge on any atom is -0.460 e. The van der Waals surface area contributed by atoms with Crippen molar-refractivity contribution < 1.29 is 9.53 Å². The average Bonchev–Trinajstić information content (AvgIpc) is 2.52. The largest absolute Gasteiger partial charge is 0.460 e. The molecular formula is C7H11IN2O2. The van der Waals surface area contributed by atoms with Crippen molar-refractivity contribution in [2.45, 2.75) is 20.3 Å². The van der Waals surface area contributed by atoms with Gasteiger partial charge in [-0.25, -0.2) is 4.79 Å². The van der Waals surface area contributed by atoms with E-state index in [0.717, 1.165) is 6.42 Å². The van der Waals surface area contributed by atoms with Crippen molar-refractivity contribution in [1.82, 2.24) is 5.32 Å². The Balaban J connectivity index is 2.45. The van der Waals surface area contributed by atoms with E-state index in [9.17, 15) is 4.79 Å². The number of hydrogen-bond acceptors (Lipinski definition) is 4. The molecule has 68 valence electrons. The van der Waals surface area contributed by atoms with E-state index in [1.807, 2.05) is 6.92 Å². The van der Waals surface area contributed by atoms with E-state index < -0.39 is 0 Å². The van der Waals surface area contributed by atoms with Gasteiger partial charge in [-0.2, -0.15) is 3.21 Å². The smallest absolute Gasteiger partial charge is 0.374 e. The number of esters is 1. The van der Waals surface area contributed by atoms with Gasteiger partial charge < -0.3 is 10.1 Å².